The highest BCUT2D eigenvalue weighted by Crippen LogP contribution is 2.12. The summed E-state index contributed by atoms with van der Waals surface area (Å²) < 4.78 is 0. The Balaban J connectivity index is 2.50. The Bertz CT molecular complexity index is 318. The van der Waals surface area contributed by atoms with Gasteiger partial charge in [0.1, 0.15) is 0 Å². The summed E-state index contributed by atoms with van der Waals surface area (Å²) in [4.78, 5) is 5.34. The maximum Gasteiger partial charge on any atom is 0.0768 e. The van der Waals surface area contributed by atoms with E-state index in [0.29, 0.717) is 12.5 Å². The Morgan fingerprint density at radius 3 is 2.87 bits per heavy atom. The van der Waals surface area contributed by atoms with E-state index in [1.165, 1.54) is 5.56 Å². The third-order valence-corrected chi connectivity index (χ3v) is 1.85. The van der Waals surface area contributed by atoms with E-state index in [1.54, 1.807) is 0 Å². The average Bonchev–Trinajstić information content (AvgIpc) is 2.18. The zero-order valence-electron chi connectivity index (χ0n) is 9.66. The Labute approximate surface area is 91.9 Å². The summed E-state index contributed by atoms with van der Waals surface area (Å²) in [5.41, 5.74) is 5.11. The fourth-order valence-electron chi connectivity index (χ4n) is 1.19. The van der Waals surface area contributed by atoms with Crippen molar-refractivity contribution in [3.8, 4) is 0 Å². The molecule has 1 rings (SSSR count). The van der Waals surface area contributed by atoms with Gasteiger partial charge in [-0.1, -0.05) is 38.1 Å². The van der Waals surface area contributed by atoms with Gasteiger partial charge >= 0.3 is 0 Å². The van der Waals surface area contributed by atoms with Crippen LogP contribution in [0.3, 0.4) is 0 Å². The largest absolute Gasteiger partial charge is 0.276 e. The molecule has 0 amide bonds. The third kappa shape index (κ3) is 4.66. The van der Waals surface area contributed by atoms with Gasteiger partial charge < -0.3 is 0 Å². The van der Waals surface area contributed by atoms with Gasteiger partial charge in [-0.3, -0.25) is 10.3 Å². The highest BCUT2D eigenvalue weighted by atomic mass is 16.6. The molecule has 1 N–H and O–H groups in total. The molecule has 0 atom stereocenters. The van der Waals surface area contributed by atoms with E-state index in [2.05, 4.69) is 37.5 Å². The quantitative estimate of drug-likeness (QED) is 0.740. The van der Waals surface area contributed by atoms with Crippen molar-refractivity contribution in [1.29, 1.82) is 0 Å². The van der Waals surface area contributed by atoms with Crippen molar-refractivity contribution in [2.24, 2.45) is 5.92 Å². The van der Waals surface area contributed by atoms with Crippen LogP contribution in [0.1, 0.15) is 26.3 Å². The summed E-state index contributed by atoms with van der Waals surface area (Å²) in [6.07, 6.45) is 4.09. The summed E-state index contributed by atoms with van der Waals surface area (Å²) in [5.74, 6) is 0.538. The Morgan fingerprint density at radius 1 is 1.40 bits per heavy atom. The fraction of sp³-hybridized carbons (Fsp3) is 0.385. The molecule has 1 aromatic rings. The number of anilines is 1. The molecule has 15 heavy (non-hydrogen) atoms. The molecule has 2 nitrogen and oxygen atoms in total. The Morgan fingerprint density at radius 2 is 2.20 bits per heavy atom. The van der Waals surface area contributed by atoms with Crippen molar-refractivity contribution in [3.63, 3.8) is 0 Å². The molecule has 0 fully saturated rings. The topological polar surface area (TPSA) is 21.3 Å². The van der Waals surface area contributed by atoms with Crippen molar-refractivity contribution in [2.45, 2.75) is 20.8 Å². The van der Waals surface area contributed by atoms with Crippen LogP contribution < -0.4 is 5.48 Å². The van der Waals surface area contributed by atoms with Crippen molar-refractivity contribution >= 4 is 11.8 Å². The molecule has 0 aliphatic heterocycles. The van der Waals surface area contributed by atoms with Crippen LogP contribution in [0.5, 0.6) is 0 Å². The first-order chi connectivity index (χ1) is 7.22. The Hall–Kier alpha value is -1.28. The highest BCUT2D eigenvalue weighted by molar-refractivity contribution is 5.56. The predicted octanol–water partition coefficient (Wildman–Crippen LogP) is 3.72. The molecule has 0 saturated heterocycles. The first-order valence-electron chi connectivity index (χ1n) is 5.33. The average molecular weight is 205 g/mol. The monoisotopic (exact) mass is 205 g/mol. The number of benzene rings is 1. The van der Waals surface area contributed by atoms with Crippen LogP contribution in [0.15, 0.2) is 30.3 Å². The highest BCUT2D eigenvalue weighted by Gasteiger charge is 1.95. The minimum absolute atomic E-state index is 0.538. The molecule has 0 aromatic heterocycles. The summed E-state index contributed by atoms with van der Waals surface area (Å²) in [6, 6.07) is 8.12. The molecule has 0 aliphatic rings. The minimum atomic E-state index is 0.538. The van der Waals surface area contributed by atoms with Gasteiger partial charge in [-0.2, -0.15) is 0 Å². The van der Waals surface area contributed by atoms with Gasteiger partial charge in [-0.25, -0.2) is 0 Å². The van der Waals surface area contributed by atoms with E-state index in [4.69, 9.17) is 4.84 Å². The van der Waals surface area contributed by atoms with Crippen LogP contribution in [0.2, 0.25) is 0 Å². The number of rotatable bonds is 5. The van der Waals surface area contributed by atoms with E-state index in [9.17, 15) is 0 Å². The first-order valence-corrected chi connectivity index (χ1v) is 5.33. The van der Waals surface area contributed by atoms with Crippen LogP contribution >= 0.6 is 0 Å². The van der Waals surface area contributed by atoms with Gasteiger partial charge in [0, 0.05) is 0 Å². The fourth-order valence-corrected chi connectivity index (χ4v) is 1.19. The van der Waals surface area contributed by atoms with Crippen LogP contribution in [0, 0.1) is 5.92 Å². The lowest BCUT2D eigenvalue weighted by Gasteiger charge is -2.09. The molecule has 0 saturated carbocycles. The summed E-state index contributed by atoms with van der Waals surface area (Å²) in [6.45, 7) is 6.97. The lowest BCUT2D eigenvalue weighted by Crippen LogP contribution is -2.07. The lowest BCUT2D eigenvalue weighted by molar-refractivity contribution is 0.163. The molecule has 82 valence electrons. The number of hydrogen-bond donors (Lipinski definition) is 1. The van der Waals surface area contributed by atoms with Crippen LogP contribution in [0.4, 0.5) is 5.69 Å². The number of nitrogens with one attached hydrogen (secondary N) is 1. The normalized spacial score (nSPS) is 11.2. The zero-order valence-corrected chi connectivity index (χ0v) is 9.66. The van der Waals surface area contributed by atoms with Crippen molar-refractivity contribution in [1.82, 2.24) is 0 Å². The molecular formula is C13H19NO. The standard InChI is InChI=1S/C13H19NO/c1-4-6-12-7-5-8-13(9-12)14-15-10-11(2)3/h4-9,11,14H,10H2,1-3H3/b6-4+. The molecule has 0 spiro atoms. The van der Waals surface area contributed by atoms with E-state index in [0.717, 1.165) is 5.69 Å². The predicted molar refractivity (Wildman–Crippen MR) is 65.6 cm³/mol. The van der Waals surface area contributed by atoms with Crippen LogP contribution in [-0.2, 0) is 4.84 Å². The number of allylic oxidation sites excluding steroid dienone is 1. The maximum atomic E-state index is 5.34. The van der Waals surface area contributed by atoms with Crippen LogP contribution in [-0.4, -0.2) is 6.61 Å². The van der Waals surface area contributed by atoms with Crippen molar-refractivity contribution < 1.29 is 4.84 Å². The molecular weight excluding hydrogens is 186 g/mol. The second kappa shape index (κ2) is 6.25. The Kier molecular flexibility index (Phi) is 4.91. The van der Waals surface area contributed by atoms with Gasteiger partial charge in [0.15, 0.2) is 0 Å². The number of hydrogen-bond acceptors (Lipinski definition) is 2. The van der Waals surface area contributed by atoms with E-state index < -0.39 is 0 Å². The lowest BCUT2D eigenvalue weighted by atomic mass is 10.2. The van der Waals surface area contributed by atoms with Gasteiger partial charge in [-0.15, -0.1) is 0 Å². The molecule has 0 aliphatic carbocycles. The van der Waals surface area contributed by atoms with Gasteiger partial charge in [0.05, 0.1) is 12.3 Å². The molecule has 0 unspecified atom stereocenters. The summed E-state index contributed by atoms with van der Waals surface area (Å²) >= 11 is 0. The first kappa shape index (κ1) is 11.8. The van der Waals surface area contributed by atoms with Gasteiger partial charge in [0.25, 0.3) is 0 Å². The summed E-state index contributed by atoms with van der Waals surface area (Å²) in [5, 5.41) is 0. The minimum Gasteiger partial charge on any atom is -0.276 e. The third-order valence-electron chi connectivity index (χ3n) is 1.85. The second-order valence-corrected chi connectivity index (χ2v) is 3.93. The van der Waals surface area contributed by atoms with E-state index in [1.807, 2.05) is 25.1 Å². The molecule has 2 heteroatoms. The SMILES string of the molecule is C/C=C/c1cccc(NOCC(C)C)c1. The van der Waals surface area contributed by atoms with Crippen molar-refractivity contribution in [2.75, 3.05) is 12.1 Å². The van der Waals surface area contributed by atoms with Gasteiger partial charge in [-0.05, 0) is 30.5 Å². The molecule has 1 aromatic carbocycles. The smallest absolute Gasteiger partial charge is 0.0768 e. The van der Waals surface area contributed by atoms with Crippen LogP contribution in [0.25, 0.3) is 6.08 Å². The zero-order chi connectivity index (χ0) is 11.1. The molecule has 0 heterocycles. The maximum absolute atomic E-state index is 5.34. The molecule has 0 bridgehead atoms. The summed E-state index contributed by atoms with van der Waals surface area (Å²) in [7, 11) is 0. The van der Waals surface area contributed by atoms with Gasteiger partial charge in [0.2, 0.25) is 0 Å². The van der Waals surface area contributed by atoms with Crippen molar-refractivity contribution in [3.05, 3.63) is 35.9 Å². The molecule has 0 radical (unpaired) electrons. The van der Waals surface area contributed by atoms with E-state index in [-0.39, 0.29) is 0 Å². The second-order valence-electron chi connectivity index (χ2n) is 3.93. The van der Waals surface area contributed by atoms with E-state index >= 15 is 0 Å².